The first-order valence-corrected chi connectivity index (χ1v) is 6.60. The summed E-state index contributed by atoms with van der Waals surface area (Å²) in [5.74, 6) is 0.0223. The van der Waals surface area contributed by atoms with Gasteiger partial charge in [0.15, 0.2) is 0 Å². The molecule has 1 unspecified atom stereocenters. The molecule has 0 aromatic carbocycles. The van der Waals surface area contributed by atoms with E-state index in [0.717, 1.165) is 36.4 Å². The summed E-state index contributed by atoms with van der Waals surface area (Å²) in [6, 6.07) is 6.13. The van der Waals surface area contributed by atoms with Crippen molar-refractivity contribution in [3.05, 3.63) is 30.1 Å². The predicted octanol–water partition coefficient (Wildman–Crippen LogP) is 1.33. The molecule has 2 aliphatic rings. The van der Waals surface area contributed by atoms with E-state index in [1.807, 2.05) is 12.3 Å². The number of carboxylic acid groups (broad SMARTS) is 1. The largest absolute Gasteiger partial charge is 0.481 e. The van der Waals surface area contributed by atoms with Crippen LogP contribution in [0.2, 0.25) is 0 Å². The Morgan fingerprint density at radius 2 is 2.16 bits per heavy atom. The van der Waals surface area contributed by atoms with Crippen molar-refractivity contribution in [2.75, 3.05) is 13.1 Å². The standard InChI is InChI=1S/C14H15N3O2/c18-14(19)12-10-6-17(7-11(10)12)5-9-2-1-8-3-4-15-13(8)16-9/h1-4,10-12H,5-7H2,(H,15,16)(H,18,19)/t10-,11+,12?. The molecule has 0 spiro atoms. The van der Waals surface area contributed by atoms with Crippen LogP contribution in [0.3, 0.4) is 0 Å². The van der Waals surface area contributed by atoms with Gasteiger partial charge in [0.1, 0.15) is 5.65 Å². The van der Waals surface area contributed by atoms with Gasteiger partial charge in [0.25, 0.3) is 0 Å². The van der Waals surface area contributed by atoms with Gasteiger partial charge < -0.3 is 10.1 Å². The lowest BCUT2D eigenvalue weighted by Gasteiger charge is -2.17. The second-order valence-electron chi connectivity index (χ2n) is 5.60. The number of carboxylic acids is 1. The van der Waals surface area contributed by atoms with E-state index in [4.69, 9.17) is 5.11 Å². The van der Waals surface area contributed by atoms with E-state index in [1.165, 1.54) is 0 Å². The number of rotatable bonds is 3. The molecule has 5 heteroatoms. The number of aliphatic carboxylic acids is 1. The minimum atomic E-state index is -0.624. The van der Waals surface area contributed by atoms with Gasteiger partial charge in [-0.25, -0.2) is 4.98 Å². The number of aromatic amines is 1. The molecule has 2 aromatic heterocycles. The first-order valence-electron chi connectivity index (χ1n) is 6.60. The highest BCUT2D eigenvalue weighted by Gasteiger charge is 2.59. The smallest absolute Gasteiger partial charge is 0.307 e. The fourth-order valence-electron chi connectivity index (χ4n) is 3.40. The summed E-state index contributed by atoms with van der Waals surface area (Å²) in [6.07, 6.45) is 1.89. The summed E-state index contributed by atoms with van der Waals surface area (Å²) in [7, 11) is 0. The van der Waals surface area contributed by atoms with Crippen LogP contribution < -0.4 is 0 Å². The fraction of sp³-hybridized carbons (Fsp3) is 0.429. The van der Waals surface area contributed by atoms with Gasteiger partial charge in [-0.15, -0.1) is 0 Å². The monoisotopic (exact) mass is 257 g/mol. The molecular formula is C14H15N3O2. The van der Waals surface area contributed by atoms with E-state index in [2.05, 4.69) is 27.0 Å². The van der Waals surface area contributed by atoms with E-state index in [1.54, 1.807) is 0 Å². The Morgan fingerprint density at radius 1 is 1.37 bits per heavy atom. The maximum atomic E-state index is 10.9. The number of nitrogens with one attached hydrogen (secondary N) is 1. The minimum Gasteiger partial charge on any atom is -0.481 e. The Bertz CT molecular complexity index is 639. The number of aromatic nitrogens is 2. The van der Waals surface area contributed by atoms with Gasteiger partial charge >= 0.3 is 5.97 Å². The highest BCUT2D eigenvalue weighted by Crippen LogP contribution is 2.51. The first kappa shape index (κ1) is 11.0. The Kier molecular flexibility index (Phi) is 2.20. The average Bonchev–Trinajstić information content (AvgIpc) is 2.77. The third-order valence-corrected chi connectivity index (χ3v) is 4.41. The number of nitrogens with zero attached hydrogens (tertiary/aromatic N) is 2. The zero-order valence-corrected chi connectivity index (χ0v) is 10.4. The average molecular weight is 257 g/mol. The van der Waals surface area contributed by atoms with Crippen molar-refractivity contribution < 1.29 is 9.90 Å². The summed E-state index contributed by atoms with van der Waals surface area (Å²) >= 11 is 0. The highest BCUT2D eigenvalue weighted by atomic mass is 16.4. The van der Waals surface area contributed by atoms with Gasteiger partial charge in [-0.2, -0.15) is 0 Å². The normalized spacial score (nSPS) is 29.6. The lowest BCUT2D eigenvalue weighted by molar-refractivity contribution is -0.139. The zero-order chi connectivity index (χ0) is 13.0. The van der Waals surface area contributed by atoms with Gasteiger partial charge in [-0.3, -0.25) is 9.69 Å². The van der Waals surface area contributed by atoms with Gasteiger partial charge in [0, 0.05) is 31.2 Å². The molecule has 1 saturated carbocycles. The summed E-state index contributed by atoms with van der Waals surface area (Å²) in [6.45, 7) is 2.60. The molecule has 0 amide bonds. The second-order valence-corrected chi connectivity index (χ2v) is 5.60. The molecule has 1 aliphatic carbocycles. The molecule has 0 bridgehead atoms. The van der Waals surface area contributed by atoms with Gasteiger partial charge in [0.05, 0.1) is 11.6 Å². The number of H-pyrrole nitrogens is 1. The lowest BCUT2D eigenvalue weighted by Crippen LogP contribution is -2.26. The summed E-state index contributed by atoms with van der Waals surface area (Å²) in [5, 5.41) is 10.1. The van der Waals surface area contributed by atoms with Gasteiger partial charge in [-0.05, 0) is 30.0 Å². The first-order chi connectivity index (χ1) is 9.22. The summed E-state index contributed by atoms with van der Waals surface area (Å²) in [4.78, 5) is 20.9. The van der Waals surface area contributed by atoms with Crippen molar-refractivity contribution in [1.82, 2.24) is 14.9 Å². The third-order valence-electron chi connectivity index (χ3n) is 4.41. The highest BCUT2D eigenvalue weighted by molar-refractivity contribution is 5.75. The van der Waals surface area contributed by atoms with Crippen LogP contribution in [0.25, 0.3) is 11.0 Å². The zero-order valence-electron chi connectivity index (χ0n) is 10.4. The molecule has 2 fully saturated rings. The number of hydrogen-bond donors (Lipinski definition) is 2. The second kappa shape index (κ2) is 3.81. The van der Waals surface area contributed by atoms with Crippen molar-refractivity contribution >= 4 is 17.0 Å². The van der Waals surface area contributed by atoms with Crippen molar-refractivity contribution in [3.63, 3.8) is 0 Å². The lowest BCUT2D eigenvalue weighted by atomic mass is 10.2. The van der Waals surface area contributed by atoms with Crippen LogP contribution in [0, 0.1) is 17.8 Å². The summed E-state index contributed by atoms with van der Waals surface area (Å²) < 4.78 is 0. The van der Waals surface area contributed by atoms with Crippen LogP contribution >= 0.6 is 0 Å². The van der Waals surface area contributed by atoms with E-state index >= 15 is 0 Å². The van der Waals surface area contributed by atoms with Crippen LogP contribution in [0.4, 0.5) is 0 Å². The number of piperidine rings is 1. The van der Waals surface area contributed by atoms with E-state index in [0.29, 0.717) is 11.8 Å². The fourth-order valence-corrected chi connectivity index (χ4v) is 3.40. The molecule has 0 radical (unpaired) electrons. The van der Waals surface area contributed by atoms with Crippen LogP contribution in [0.15, 0.2) is 24.4 Å². The third kappa shape index (κ3) is 1.73. The Morgan fingerprint density at radius 3 is 2.89 bits per heavy atom. The number of carbonyl (C=O) groups is 1. The quantitative estimate of drug-likeness (QED) is 0.870. The molecule has 19 heavy (non-hydrogen) atoms. The van der Waals surface area contributed by atoms with Gasteiger partial charge in [0.2, 0.25) is 0 Å². The Labute approximate surface area is 110 Å². The molecule has 3 heterocycles. The number of hydrogen-bond acceptors (Lipinski definition) is 3. The number of pyridine rings is 1. The minimum absolute atomic E-state index is 0.0879. The van der Waals surface area contributed by atoms with Crippen molar-refractivity contribution in [3.8, 4) is 0 Å². The molecule has 3 atom stereocenters. The van der Waals surface area contributed by atoms with Crippen LogP contribution in [0.5, 0.6) is 0 Å². The van der Waals surface area contributed by atoms with Gasteiger partial charge in [-0.1, -0.05) is 0 Å². The molecule has 4 rings (SSSR count). The van der Waals surface area contributed by atoms with Crippen molar-refractivity contribution in [2.24, 2.45) is 17.8 Å². The van der Waals surface area contributed by atoms with E-state index in [9.17, 15) is 4.79 Å². The molecule has 2 aromatic rings. The van der Waals surface area contributed by atoms with Crippen LogP contribution in [-0.2, 0) is 11.3 Å². The number of likely N-dealkylation sites (tertiary alicyclic amines) is 1. The maximum absolute atomic E-state index is 10.9. The molecule has 2 N–H and O–H groups in total. The molecule has 1 saturated heterocycles. The van der Waals surface area contributed by atoms with Crippen molar-refractivity contribution in [1.29, 1.82) is 0 Å². The molecule has 1 aliphatic heterocycles. The maximum Gasteiger partial charge on any atom is 0.307 e. The van der Waals surface area contributed by atoms with Crippen LogP contribution in [-0.4, -0.2) is 39.0 Å². The van der Waals surface area contributed by atoms with Crippen molar-refractivity contribution in [2.45, 2.75) is 6.54 Å². The molecule has 98 valence electrons. The van der Waals surface area contributed by atoms with E-state index in [-0.39, 0.29) is 5.92 Å². The Hall–Kier alpha value is -1.88. The SMILES string of the molecule is O=C(O)C1[C@H]2CN(Cc3ccc4cc[nH]c4n3)C[C@@H]12. The summed E-state index contributed by atoms with van der Waals surface area (Å²) in [5.41, 5.74) is 1.97. The molecule has 5 nitrogen and oxygen atoms in total. The predicted molar refractivity (Wildman–Crippen MR) is 69.5 cm³/mol. The van der Waals surface area contributed by atoms with Crippen LogP contribution in [0.1, 0.15) is 5.69 Å². The molecular weight excluding hydrogens is 242 g/mol. The Balaban J connectivity index is 1.44. The van der Waals surface area contributed by atoms with E-state index < -0.39 is 5.97 Å². The topological polar surface area (TPSA) is 69.2 Å². The number of fused-ring (bicyclic) bond motifs is 2.